The highest BCUT2D eigenvalue weighted by Crippen LogP contribution is 2.34. The lowest BCUT2D eigenvalue weighted by molar-refractivity contribution is -0.137. The van der Waals surface area contributed by atoms with Crippen molar-refractivity contribution in [1.29, 1.82) is 0 Å². The van der Waals surface area contributed by atoms with Crippen molar-refractivity contribution in [1.82, 2.24) is 0 Å². The Balaban J connectivity index is 2.16. The molecule has 24 heavy (non-hydrogen) atoms. The van der Waals surface area contributed by atoms with Crippen molar-refractivity contribution in [3.63, 3.8) is 0 Å². The number of hydrogen-bond donors (Lipinski definition) is 1. The van der Waals surface area contributed by atoms with Crippen LogP contribution in [0.4, 0.5) is 18.9 Å². The van der Waals surface area contributed by atoms with Gasteiger partial charge in [0.05, 0.1) is 16.3 Å². The molecule has 0 radical (unpaired) electrons. The summed E-state index contributed by atoms with van der Waals surface area (Å²) in [6.07, 6.45) is -2.94. The number of nitrogens with one attached hydrogen (secondary N) is 1. The number of anilines is 1. The third-order valence-electron chi connectivity index (χ3n) is 3.03. The predicted molar refractivity (Wildman–Crippen MR) is 86.5 cm³/mol. The highest BCUT2D eigenvalue weighted by molar-refractivity contribution is 6.34. The maximum Gasteiger partial charge on any atom is 0.416 e. The quantitative estimate of drug-likeness (QED) is 0.751. The SMILES string of the molecule is C=CCOc1ccc(C(=O)Nc2cc(C(F)(F)F)ccc2Cl)cc1. The number of carbonyl (C=O) groups excluding carboxylic acids is 1. The van der Waals surface area contributed by atoms with E-state index in [1.165, 1.54) is 12.1 Å². The van der Waals surface area contributed by atoms with Gasteiger partial charge in [0.15, 0.2) is 0 Å². The fraction of sp³-hybridized carbons (Fsp3) is 0.118. The van der Waals surface area contributed by atoms with E-state index >= 15 is 0 Å². The third kappa shape index (κ3) is 4.52. The molecular weight excluding hydrogens is 343 g/mol. The summed E-state index contributed by atoms with van der Waals surface area (Å²) in [5, 5.41) is 2.39. The van der Waals surface area contributed by atoms with Crippen LogP contribution >= 0.6 is 11.6 Å². The van der Waals surface area contributed by atoms with Gasteiger partial charge in [-0.1, -0.05) is 24.3 Å². The molecule has 126 valence electrons. The molecule has 1 N–H and O–H groups in total. The second kappa shape index (κ2) is 7.40. The summed E-state index contributed by atoms with van der Waals surface area (Å²) in [5.41, 5.74) is -0.742. The minimum atomic E-state index is -4.52. The van der Waals surface area contributed by atoms with Crippen molar-refractivity contribution in [2.45, 2.75) is 6.18 Å². The molecule has 0 spiro atoms. The van der Waals surface area contributed by atoms with Crippen LogP contribution in [0.3, 0.4) is 0 Å². The molecule has 0 bridgehead atoms. The summed E-state index contributed by atoms with van der Waals surface area (Å²) in [5.74, 6) is -0.0324. The fourth-order valence-corrected chi connectivity index (χ4v) is 2.01. The molecule has 7 heteroatoms. The van der Waals surface area contributed by atoms with Crippen LogP contribution in [0.1, 0.15) is 15.9 Å². The molecule has 0 atom stereocenters. The molecule has 2 aromatic rings. The smallest absolute Gasteiger partial charge is 0.416 e. The van der Waals surface area contributed by atoms with E-state index in [-0.39, 0.29) is 16.3 Å². The van der Waals surface area contributed by atoms with Crippen molar-refractivity contribution >= 4 is 23.2 Å². The maximum absolute atomic E-state index is 12.7. The van der Waals surface area contributed by atoms with Crippen LogP contribution in [-0.2, 0) is 6.18 Å². The molecule has 0 fully saturated rings. The van der Waals surface area contributed by atoms with Crippen LogP contribution in [0.5, 0.6) is 5.75 Å². The molecule has 0 aliphatic carbocycles. The average molecular weight is 356 g/mol. The second-order valence-corrected chi connectivity index (χ2v) is 5.18. The minimum Gasteiger partial charge on any atom is -0.490 e. The van der Waals surface area contributed by atoms with Gasteiger partial charge in [0, 0.05) is 5.56 Å². The van der Waals surface area contributed by atoms with Gasteiger partial charge in [0.1, 0.15) is 12.4 Å². The van der Waals surface area contributed by atoms with E-state index in [0.717, 1.165) is 18.2 Å². The number of carbonyl (C=O) groups is 1. The zero-order valence-corrected chi connectivity index (χ0v) is 13.1. The molecular formula is C17H13ClF3NO2. The van der Waals surface area contributed by atoms with Crippen LogP contribution in [0, 0.1) is 0 Å². The summed E-state index contributed by atoms with van der Waals surface area (Å²) >= 11 is 5.85. The largest absolute Gasteiger partial charge is 0.490 e. The summed E-state index contributed by atoms with van der Waals surface area (Å²) < 4.78 is 43.5. The van der Waals surface area contributed by atoms with Crippen LogP contribution in [0.15, 0.2) is 55.1 Å². The van der Waals surface area contributed by atoms with Gasteiger partial charge in [-0.3, -0.25) is 4.79 Å². The van der Waals surface area contributed by atoms with Crippen molar-refractivity contribution in [3.8, 4) is 5.75 Å². The Hall–Kier alpha value is -2.47. The number of ether oxygens (including phenoxy) is 1. The lowest BCUT2D eigenvalue weighted by Crippen LogP contribution is -2.13. The summed E-state index contributed by atoms with van der Waals surface area (Å²) in [6.45, 7) is 3.84. The number of halogens is 4. The molecule has 0 saturated carbocycles. The second-order valence-electron chi connectivity index (χ2n) is 4.77. The summed E-state index contributed by atoms with van der Waals surface area (Å²) in [7, 11) is 0. The molecule has 2 rings (SSSR count). The molecule has 0 aromatic heterocycles. The zero-order valence-electron chi connectivity index (χ0n) is 12.4. The molecule has 2 aromatic carbocycles. The first-order valence-corrected chi connectivity index (χ1v) is 7.21. The first-order valence-electron chi connectivity index (χ1n) is 6.83. The first kappa shape index (κ1) is 17.9. The van der Waals surface area contributed by atoms with Gasteiger partial charge in [-0.25, -0.2) is 0 Å². The molecule has 0 unspecified atom stereocenters. The van der Waals surface area contributed by atoms with E-state index in [0.29, 0.717) is 12.4 Å². The summed E-state index contributed by atoms with van der Waals surface area (Å²) in [4.78, 5) is 12.1. The Kier molecular flexibility index (Phi) is 5.51. The normalized spacial score (nSPS) is 11.0. The topological polar surface area (TPSA) is 38.3 Å². The van der Waals surface area contributed by atoms with Crippen molar-refractivity contribution in [2.24, 2.45) is 0 Å². The van der Waals surface area contributed by atoms with E-state index in [1.807, 2.05) is 0 Å². The molecule has 0 aliphatic heterocycles. The van der Waals surface area contributed by atoms with Crippen molar-refractivity contribution in [3.05, 3.63) is 71.3 Å². The number of alkyl halides is 3. The van der Waals surface area contributed by atoms with Gasteiger partial charge < -0.3 is 10.1 Å². The van der Waals surface area contributed by atoms with Gasteiger partial charge in [0.25, 0.3) is 5.91 Å². The first-order chi connectivity index (χ1) is 11.3. The predicted octanol–water partition coefficient (Wildman–Crippen LogP) is 5.18. The Morgan fingerprint density at radius 2 is 1.88 bits per heavy atom. The summed E-state index contributed by atoms with van der Waals surface area (Å²) in [6, 6.07) is 8.88. The molecule has 0 saturated heterocycles. The van der Waals surface area contributed by atoms with Crippen LogP contribution in [0.2, 0.25) is 5.02 Å². The average Bonchev–Trinajstić information content (AvgIpc) is 2.54. The Morgan fingerprint density at radius 1 is 1.21 bits per heavy atom. The molecule has 0 heterocycles. The van der Waals surface area contributed by atoms with E-state index in [9.17, 15) is 18.0 Å². The minimum absolute atomic E-state index is 0.0160. The van der Waals surface area contributed by atoms with Crippen molar-refractivity contribution < 1.29 is 22.7 Å². The van der Waals surface area contributed by atoms with E-state index in [2.05, 4.69) is 11.9 Å². The van der Waals surface area contributed by atoms with Crippen LogP contribution < -0.4 is 10.1 Å². The number of rotatable bonds is 5. The van der Waals surface area contributed by atoms with Gasteiger partial charge in [0.2, 0.25) is 0 Å². The third-order valence-corrected chi connectivity index (χ3v) is 3.36. The maximum atomic E-state index is 12.7. The monoisotopic (exact) mass is 355 g/mol. The van der Waals surface area contributed by atoms with Crippen molar-refractivity contribution in [2.75, 3.05) is 11.9 Å². The van der Waals surface area contributed by atoms with E-state index in [1.54, 1.807) is 18.2 Å². The fourth-order valence-electron chi connectivity index (χ4n) is 1.85. The Labute approximate surface area is 141 Å². The Bertz CT molecular complexity index is 742. The van der Waals surface area contributed by atoms with Gasteiger partial charge in [-0.2, -0.15) is 13.2 Å². The lowest BCUT2D eigenvalue weighted by Gasteiger charge is -2.12. The lowest BCUT2D eigenvalue weighted by atomic mass is 10.1. The molecule has 3 nitrogen and oxygen atoms in total. The van der Waals surface area contributed by atoms with E-state index in [4.69, 9.17) is 16.3 Å². The van der Waals surface area contributed by atoms with Gasteiger partial charge >= 0.3 is 6.18 Å². The molecule has 1 amide bonds. The highest BCUT2D eigenvalue weighted by atomic mass is 35.5. The number of amides is 1. The van der Waals surface area contributed by atoms with Gasteiger partial charge in [-0.15, -0.1) is 0 Å². The van der Waals surface area contributed by atoms with Crippen LogP contribution in [-0.4, -0.2) is 12.5 Å². The number of benzene rings is 2. The Morgan fingerprint density at radius 3 is 2.46 bits per heavy atom. The van der Waals surface area contributed by atoms with Crippen LogP contribution in [0.25, 0.3) is 0 Å². The zero-order chi connectivity index (χ0) is 17.7. The molecule has 0 aliphatic rings. The van der Waals surface area contributed by atoms with Gasteiger partial charge in [-0.05, 0) is 42.5 Å². The van der Waals surface area contributed by atoms with E-state index < -0.39 is 17.6 Å². The number of hydrogen-bond acceptors (Lipinski definition) is 2. The highest BCUT2D eigenvalue weighted by Gasteiger charge is 2.31. The standard InChI is InChI=1S/C17H13ClF3NO2/c1-2-9-24-13-6-3-11(4-7-13)16(23)22-15-10-12(17(19,20)21)5-8-14(15)18/h2-8,10H,1,9H2,(H,22,23).